The van der Waals surface area contributed by atoms with Crippen molar-refractivity contribution in [3.8, 4) is 17.1 Å². The van der Waals surface area contributed by atoms with Crippen molar-refractivity contribution < 1.29 is 0 Å². The Hall–Kier alpha value is -2.40. The Kier molecular flexibility index (Phi) is 3.94. The minimum Gasteiger partial charge on any atom is -0.370 e. The van der Waals surface area contributed by atoms with Crippen molar-refractivity contribution in [1.82, 2.24) is 19.7 Å². The Morgan fingerprint density at radius 1 is 1.21 bits per heavy atom. The Labute approximate surface area is 145 Å². The topological polar surface area (TPSA) is 55.6 Å². The molecule has 122 valence electrons. The van der Waals surface area contributed by atoms with E-state index in [0.29, 0.717) is 0 Å². The van der Waals surface area contributed by atoms with Crippen LogP contribution in [0.2, 0.25) is 5.02 Å². The molecule has 1 aliphatic heterocycles. The van der Waals surface area contributed by atoms with Gasteiger partial charge < -0.3 is 5.32 Å². The average Bonchev–Trinajstić information content (AvgIpc) is 2.78. The number of aromatic nitrogens is 4. The minimum atomic E-state index is 0.733. The van der Waals surface area contributed by atoms with Gasteiger partial charge in [0.1, 0.15) is 17.2 Å². The number of halogens is 1. The van der Waals surface area contributed by atoms with Gasteiger partial charge in [-0.25, -0.2) is 4.68 Å². The Bertz CT molecular complexity index is 873. The van der Waals surface area contributed by atoms with E-state index in [-0.39, 0.29) is 0 Å². The minimum absolute atomic E-state index is 0.733. The van der Waals surface area contributed by atoms with E-state index in [0.717, 1.165) is 59.3 Å². The van der Waals surface area contributed by atoms with Gasteiger partial charge in [0, 0.05) is 29.5 Å². The molecule has 0 bridgehead atoms. The van der Waals surface area contributed by atoms with Gasteiger partial charge in [0.25, 0.3) is 0 Å². The molecule has 0 saturated heterocycles. The molecule has 3 heterocycles. The van der Waals surface area contributed by atoms with Crippen LogP contribution in [0, 0.1) is 6.92 Å². The van der Waals surface area contributed by atoms with Crippen LogP contribution < -0.4 is 5.32 Å². The zero-order chi connectivity index (χ0) is 16.5. The van der Waals surface area contributed by atoms with Gasteiger partial charge in [-0.05, 0) is 49.9 Å². The van der Waals surface area contributed by atoms with Crippen molar-refractivity contribution >= 4 is 17.4 Å². The number of aryl methyl sites for hydroxylation is 1. The fourth-order valence-electron chi connectivity index (χ4n) is 3.16. The van der Waals surface area contributed by atoms with E-state index in [1.165, 1.54) is 5.56 Å². The van der Waals surface area contributed by atoms with Gasteiger partial charge in [-0.15, -0.1) is 0 Å². The normalized spacial score (nSPS) is 13.9. The lowest BCUT2D eigenvalue weighted by atomic mass is 10.1. The number of anilines is 1. The molecule has 2 aromatic heterocycles. The molecule has 0 saturated carbocycles. The molecule has 0 fully saturated rings. The number of rotatable bonds is 2. The zero-order valence-corrected chi connectivity index (χ0v) is 14.2. The fraction of sp³-hybridized carbons (Fsp3) is 0.278. The third-order valence-electron chi connectivity index (χ3n) is 4.32. The van der Waals surface area contributed by atoms with Crippen LogP contribution in [0.1, 0.15) is 24.0 Å². The van der Waals surface area contributed by atoms with E-state index in [1.807, 2.05) is 29.8 Å². The summed E-state index contributed by atoms with van der Waals surface area (Å²) in [4.78, 5) is 8.64. The van der Waals surface area contributed by atoms with Crippen LogP contribution in [-0.2, 0) is 6.42 Å². The number of nitrogens with one attached hydrogen (secondary N) is 1. The largest absolute Gasteiger partial charge is 0.370 e. The molecule has 0 unspecified atom stereocenters. The van der Waals surface area contributed by atoms with E-state index in [9.17, 15) is 0 Å². The second-order valence-corrected chi connectivity index (χ2v) is 6.43. The fourth-order valence-corrected chi connectivity index (χ4v) is 3.39. The Morgan fingerprint density at radius 2 is 2.12 bits per heavy atom. The van der Waals surface area contributed by atoms with Gasteiger partial charge in [-0.3, -0.25) is 9.97 Å². The summed E-state index contributed by atoms with van der Waals surface area (Å²) in [5, 5.41) is 9.15. The van der Waals surface area contributed by atoms with Crippen molar-refractivity contribution in [1.29, 1.82) is 0 Å². The molecule has 0 spiro atoms. The first-order chi connectivity index (χ1) is 11.7. The summed E-state index contributed by atoms with van der Waals surface area (Å²) in [6, 6.07) is 5.87. The average molecular weight is 340 g/mol. The molecule has 0 amide bonds. The lowest BCUT2D eigenvalue weighted by molar-refractivity contribution is 0.779. The predicted octanol–water partition coefficient (Wildman–Crippen LogP) is 4.04. The molecule has 0 aliphatic carbocycles. The molecule has 4 rings (SSSR count). The van der Waals surface area contributed by atoms with Crippen molar-refractivity contribution in [3.05, 3.63) is 52.9 Å². The van der Waals surface area contributed by atoms with Gasteiger partial charge in [-0.2, -0.15) is 5.10 Å². The Balaban J connectivity index is 1.93. The van der Waals surface area contributed by atoms with Gasteiger partial charge in [-0.1, -0.05) is 11.6 Å². The third-order valence-corrected chi connectivity index (χ3v) is 4.56. The number of hydrogen-bond acceptors (Lipinski definition) is 4. The zero-order valence-electron chi connectivity index (χ0n) is 13.5. The maximum Gasteiger partial charge on any atom is 0.133 e. The second-order valence-electron chi connectivity index (χ2n) is 5.99. The molecular formula is C18H18ClN5. The molecular weight excluding hydrogens is 322 g/mol. The first-order valence-corrected chi connectivity index (χ1v) is 8.50. The van der Waals surface area contributed by atoms with Crippen LogP contribution in [-0.4, -0.2) is 26.3 Å². The highest BCUT2D eigenvalue weighted by Crippen LogP contribution is 2.33. The lowest BCUT2D eigenvalue weighted by Gasteiger charge is -2.11. The highest BCUT2D eigenvalue weighted by molar-refractivity contribution is 6.30. The van der Waals surface area contributed by atoms with Crippen LogP contribution in [0.3, 0.4) is 0 Å². The summed E-state index contributed by atoms with van der Waals surface area (Å²) < 4.78 is 1.98. The van der Waals surface area contributed by atoms with E-state index in [2.05, 4.69) is 15.3 Å². The van der Waals surface area contributed by atoms with Crippen LogP contribution in [0.25, 0.3) is 17.1 Å². The first-order valence-electron chi connectivity index (χ1n) is 8.13. The van der Waals surface area contributed by atoms with E-state index < -0.39 is 0 Å². The molecule has 6 heteroatoms. The highest BCUT2D eigenvalue weighted by Gasteiger charge is 2.23. The number of benzene rings is 1. The second kappa shape index (κ2) is 6.24. The van der Waals surface area contributed by atoms with Crippen molar-refractivity contribution in [2.75, 3.05) is 11.9 Å². The van der Waals surface area contributed by atoms with Gasteiger partial charge in [0.05, 0.1) is 11.9 Å². The highest BCUT2D eigenvalue weighted by atomic mass is 35.5. The summed E-state index contributed by atoms with van der Waals surface area (Å²) in [5.74, 6) is 1.05. The van der Waals surface area contributed by atoms with Gasteiger partial charge in [0.15, 0.2) is 0 Å². The molecule has 0 radical (unpaired) electrons. The van der Waals surface area contributed by atoms with Crippen molar-refractivity contribution in [3.63, 3.8) is 0 Å². The Morgan fingerprint density at radius 3 is 2.92 bits per heavy atom. The predicted molar refractivity (Wildman–Crippen MR) is 95.8 cm³/mol. The summed E-state index contributed by atoms with van der Waals surface area (Å²) >= 11 is 6.11. The summed E-state index contributed by atoms with van der Waals surface area (Å²) in [6.07, 6.45) is 8.43. The molecule has 3 aromatic rings. The molecule has 1 aliphatic rings. The lowest BCUT2D eigenvalue weighted by Crippen LogP contribution is -2.08. The summed E-state index contributed by atoms with van der Waals surface area (Å²) in [5.41, 5.74) is 5.04. The van der Waals surface area contributed by atoms with E-state index >= 15 is 0 Å². The molecule has 0 atom stereocenters. The SMILES string of the molecule is Cc1cc(Cl)ccc1-n1nc(-c2cnccn2)c2c1NCCCC2. The van der Waals surface area contributed by atoms with Crippen molar-refractivity contribution in [2.45, 2.75) is 26.2 Å². The quantitative estimate of drug-likeness (QED) is 0.765. The van der Waals surface area contributed by atoms with E-state index in [1.54, 1.807) is 18.6 Å². The van der Waals surface area contributed by atoms with Gasteiger partial charge in [0.2, 0.25) is 0 Å². The monoisotopic (exact) mass is 339 g/mol. The molecule has 1 aromatic carbocycles. The molecule has 5 nitrogen and oxygen atoms in total. The maximum atomic E-state index is 6.11. The molecule has 1 N–H and O–H groups in total. The maximum absolute atomic E-state index is 6.11. The third kappa shape index (κ3) is 2.65. The van der Waals surface area contributed by atoms with Crippen molar-refractivity contribution in [2.24, 2.45) is 0 Å². The number of nitrogens with zero attached hydrogens (tertiary/aromatic N) is 4. The van der Waals surface area contributed by atoms with Crippen LogP contribution in [0.15, 0.2) is 36.8 Å². The molecule has 24 heavy (non-hydrogen) atoms. The standard InChI is InChI=1S/C18H18ClN5/c1-12-10-13(19)5-6-16(12)24-18-14(4-2-3-7-22-18)17(23-24)15-11-20-8-9-21-15/h5-6,8-11,22H,2-4,7H2,1H3. The summed E-state index contributed by atoms with van der Waals surface area (Å²) in [6.45, 7) is 3.00. The van der Waals surface area contributed by atoms with Crippen LogP contribution in [0.5, 0.6) is 0 Å². The van der Waals surface area contributed by atoms with Gasteiger partial charge >= 0.3 is 0 Å². The van der Waals surface area contributed by atoms with Crippen LogP contribution >= 0.6 is 11.6 Å². The number of fused-ring (bicyclic) bond motifs is 1. The van der Waals surface area contributed by atoms with E-state index in [4.69, 9.17) is 16.7 Å². The van der Waals surface area contributed by atoms with Crippen LogP contribution in [0.4, 0.5) is 5.82 Å². The first kappa shape index (κ1) is 15.1. The number of hydrogen-bond donors (Lipinski definition) is 1. The summed E-state index contributed by atoms with van der Waals surface area (Å²) in [7, 11) is 0. The smallest absolute Gasteiger partial charge is 0.133 e.